The summed E-state index contributed by atoms with van der Waals surface area (Å²) in [7, 11) is 3.36. The number of rotatable bonds is 8. The van der Waals surface area contributed by atoms with Gasteiger partial charge >= 0.3 is 0 Å². The van der Waals surface area contributed by atoms with Crippen LogP contribution in [-0.2, 0) is 0 Å². The Morgan fingerprint density at radius 1 is 1.10 bits per heavy atom. The molecular formula is C23H25N3O3. The summed E-state index contributed by atoms with van der Waals surface area (Å²) in [6, 6.07) is 18.8. The van der Waals surface area contributed by atoms with Gasteiger partial charge in [0.2, 0.25) is 0 Å². The van der Waals surface area contributed by atoms with Crippen molar-refractivity contribution in [3.8, 4) is 11.5 Å². The Kier molecular flexibility index (Phi) is 6.68. The molecule has 1 aromatic heterocycles. The Labute approximate surface area is 171 Å². The molecule has 0 unspecified atom stereocenters. The summed E-state index contributed by atoms with van der Waals surface area (Å²) < 4.78 is 11.1. The number of hydrogen-bond acceptors (Lipinski definition) is 5. The molecule has 3 aromatic rings. The van der Waals surface area contributed by atoms with Gasteiger partial charge in [-0.15, -0.1) is 0 Å². The second-order valence-corrected chi connectivity index (χ2v) is 6.62. The first-order valence-electron chi connectivity index (χ1n) is 9.38. The molecule has 0 spiro atoms. The predicted octanol–water partition coefficient (Wildman–Crippen LogP) is 4.29. The van der Waals surface area contributed by atoms with Gasteiger partial charge in [0.15, 0.2) is 0 Å². The first kappa shape index (κ1) is 20.2. The van der Waals surface area contributed by atoms with Gasteiger partial charge in [-0.3, -0.25) is 4.79 Å². The number of anilines is 2. The zero-order valence-corrected chi connectivity index (χ0v) is 16.9. The molecular weight excluding hydrogens is 366 g/mol. The largest absolute Gasteiger partial charge is 0.495 e. The molecule has 1 N–H and O–H groups in total. The highest BCUT2D eigenvalue weighted by Crippen LogP contribution is 2.27. The zero-order chi connectivity index (χ0) is 20.6. The Balaban J connectivity index is 1.67. The molecule has 1 heterocycles. The first-order chi connectivity index (χ1) is 14.1. The SMILES string of the molecule is COc1ccccc1Nc1ncccc1C(=O)N(C)CCOc1cccc(C)c1. The Hall–Kier alpha value is -3.54. The molecule has 6 heteroatoms. The average molecular weight is 391 g/mol. The molecule has 29 heavy (non-hydrogen) atoms. The van der Waals surface area contributed by atoms with Gasteiger partial charge in [0.25, 0.3) is 5.91 Å². The molecule has 2 aromatic carbocycles. The lowest BCUT2D eigenvalue weighted by molar-refractivity contribution is 0.0774. The van der Waals surface area contributed by atoms with Crippen LogP contribution in [0.25, 0.3) is 0 Å². The third-order valence-electron chi connectivity index (χ3n) is 4.43. The summed E-state index contributed by atoms with van der Waals surface area (Å²) in [4.78, 5) is 18.9. The van der Waals surface area contributed by atoms with Crippen LogP contribution in [0.4, 0.5) is 11.5 Å². The van der Waals surface area contributed by atoms with Crippen molar-refractivity contribution in [2.75, 3.05) is 32.6 Å². The third kappa shape index (κ3) is 5.25. The van der Waals surface area contributed by atoms with Crippen LogP contribution in [0.1, 0.15) is 15.9 Å². The van der Waals surface area contributed by atoms with Crippen molar-refractivity contribution in [3.63, 3.8) is 0 Å². The second kappa shape index (κ2) is 9.59. The van der Waals surface area contributed by atoms with Crippen LogP contribution in [0.2, 0.25) is 0 Å². The van der Waals surface area contributed by atoms with Gasteiger partial charge in [0.1, 0.15) is 23.9 Å². The summed E-state index contributed by atoms with van der Waals surface area (Å²) in [5.41, 5.74) is 2.36. The fourth-order valence-corrected chi connectivity index (χ4v) is 2.87. The lowest BCUT2D eigenvalue weighted by atomic mass is 10.2. The highest BCUT2D eigenvalue weighted by atomic mass is 16.5. The maximum Gasteiger partial charge on any atom is 0.257 e. The van der Waals surface area contributed by atoms with E-state index in [4.69, 9.17) is 9.47 Å². The highest BCUT2D eigenvalue weighted by Gasteiger charge is 2.17. The number of ether oxygens (including phenoxy) is 2. The van der Waals surface area contributed by atoms with Crippen molar-refractivity contribution in [3.05, 3.63) is 78.0 Å². The molecule has 0 aliphatic carbocycles. The van der Waals surface area contributed by atoms with Gasteiger partial charge in [0, 0.05) is 13.2 Å². The van der Waals surface area contributed by atoms with Gasteiger partial charge < -0.3 is 19.7 Å². The second-order valence-electron chi connectivity index (χ2n) is 6.62. The fourth-order valence-electron chi connectivity index (χ4n) is 2.87. The molecule has 0 aliphatic rings. The maximum atomic E-state index is 13.0. The Morgan fingerprint density at radius 3 is 2.72 bits per heavy atom. The van der Waals surface area contributed by atoms with Crippen LogP contribution >= 0.6 is 0 Å². The molecule has 0 bridgehead atoms. The number of amides is 1. The van der Waals surface area contributed by atoms with Crippen LogP contribution < -0.4 is 14.8 Å². The van der Waals surface area contributed by atoms with E-state index < -0.39 is 0 Å². The van der Waals surface area contributed by atoms with E-state index in [9.17, 15) is 4.79 Å². The normalized spacial score (nSPS) is 10.3. The maximum absolute atomic E-state index is 13.0. The molecule has 0 saturated carbocycles. The summed E-state index contributed by atoms with van der Waals surface area (Å²) >= 11 is 0. The molecule has 0 fully saturated rings. The van der Waals surface area contributed by atoms with Gasteiger partial charge in [-0.25, -0.2) is 4.98 Å². The number of carbonyl (C=O) groups is 1. The summed E-state index contributed by atoms with van der Waals surface area (Å²) in [6.07, 6.45) is 1.65. The number of nitrogens with zero attached hydrogens (tertiary/aromatic N) is 2. The van der Waals surface area contributed by atoms with E-state index in [0.29, 0.717) is 30.3 Å². The molecule has 0 radical (unpaired) electrons. The van der Waals surface area contributed by atoms with E-state index >= 15 is 0 Å². The molecule has 6 nitrogen and oxygen atoms in total. The van der Waals surface area contributed by atoms with Gasteiger partial charge in [0.05, 0.1) is 24.9 Å². The van der Waals surface area contributed by atoms with E-state index in [1.54, 1.807) is 37.4 Å². The number of para-hydroxylation sites is 2. The van der Waals surface area contributed by atoms with Crippen LogP contribution in [0, 0.1) is 6.92 Å². The monoisotopic (exact) mass is 391 g/mol. The van der Waals surface area contributed by atoms with Gasteiger partial charge in [-0.05, 0) is 48.9 Å². The van der Waals surface area contributed by atoms with Crippen molar-refractivity contribution in [1.82, 2.24) is 9.88 Å². The van der Waals surface area contributed by atoms with Gasteiger partial charge in [-0.1, -0.05) is 24.3 Å². The third-order valence-corrected chi connectivity index (χ3v) is 4.43. The zero-order valence-electron chi connectivity index (χ0n) is 16.9. The van der Waals surface area contributed by atoms with Crippen LogP contribution in [0.15, 0.2) is 66.9 Å². The van der Waals surface area contributed by atoms with Crippen molar-refractivity contribution in [2.24, 2.45) is 0 Å². The van der Waals surface area contributed by atoms with E-state index in [2.05, 4.69) is 10.3 Å². The molecule has 150 valence electrons. The number of hydrogen-bond donors (Lipinski definition) is 1. The summed E-state index contributed by atoms with van der Waals surface area (Å²) in [5, 5.41) is 3.20. The van der Waals surface area contributed by atoms with Crippen molar-refractivity contribution >= 4 is 17.4 Å². The minimum absolute atomic E-state index is 0.136. The minimum Gasteiger partial charge on any atom is -0.495 e. The molecule has 0 atom stereocenters. The van der Waals surface area contributed by atoms with Crippen molar-refractivity contribution in [1.29, 1.82) is 0 Å². The number of likely N-dealkylation sites (N-methyl/N-ethyl adjacent to an activating group) is 1. The predicted molar refractivity (Wildman–Crippen MR) is 114 cm³/mol. The lowest BCUT2D eigenvalue weighted by Crippen LogP contribution is -2.31. The number of carbonyl (C=O) groups excluding carboxylic acids is 1. The average Bonchev–Trinajstić information content (AvgIpc) is 2.74. The Bertz CT molecular complexity index is 975. The smallest absolute Gasteiger partial charge is 0.257 e. The number of pyridine rings is 1. The molecule has 0 aliphatic heterocycles. The van der Waals surface area contributed by atoms with E-state index in [-0.39, 0.29) is 5.91 Å². The van der Waals surface area contributed by atoms with Gasteiger partial charge in [-0.2, -0.15) is 0 Å². The summed E-state index contributed by atoms with van der Waals surface area (Å²) in [5.74, 6) is 1.82. The minimum atomic E-state index is -0.136. The highest BCUT2D eigenvalue weighted by molar-refractivity contribution is 5.99. The molecule has 1 amide bonds. The number of benzene rings is 2. The topological polar surface area (TPSA) is 63.7 Å². The van der Waals surface area contributed by atoms with E-state index in [0.717, 1.165) is 17.0 Å². The van der Waals surface area contributed by atoms with Crippen molar-refractivity contribution < 1.29 is 14.3 Å². The quantitative estimate of drug-likeness (QED) is 0.620. The van der Waals surface area contributed by atoms with Crippen LogP contribution in [0.5, 0.6) is 11.5 Å². The van der Waals surface area contributed by atoms with Crippen molar-refractivity contribution in [2.45, 2.75) is 6.92 Å². The van der Waals surface area contributed by atoms with Crippen LogP contribution in [-0.4, -0.2) is 43.1 Å². The summed E-state index contributed by atoms with van der Waals surface area (Å²) in [6.45, 7) is 2.87. The number of aryl methyl sites for hydroxylation is 1. The number of methoxy groups -OCH3 is 1. The number of nitrogens with one attached hydrogen (secondary N) is 1. The van der Waals surface area contributed by atoms with Crippen LogP contribution in [0.3, 0.4) is 0 Å². The molecule has 3 rings (SSSR count). The first-order valence-corrected chi connectivity index (χ1v) is 9.38. The fraction of sp³-hybridized carbons (Fsp3) is 0.217. The number of aromatic nitrogens is 1. The Morgan fingerprint density at radius 2 is 1.93 bits per heavy atom. The van der Waals surface area contributed by atoms with E-state index in [1.807, 2.05) is 55.5 Å². The van der Waals surface area contributed by atoms with E-state index in [1.165, 1.54) is 0 Å². The molecule has 0 saturated heterocycles. The lowest BCUT2D eigenvalue weighted by Gasteiger charge is -2.19. The standard InChI is InChI=1S/C23H25N3O3/c1-17-8-6-9-18(16-17)29-15-14-26(2)23(27)19-10-7-13-24-22(19)25-20-11-4-5-12-21(20)28-3/h4-13,16H,14-15H2,1-3H3,(H,24,25).